The van der Waals surface area contributed by atoms with Crippen LogP contribution in [0.5, 0.6) is 0 Å². The number of piperidine rings is 1. The number of amides is 1. The van der Waals surface area contributed by atoms with Gasteiger partial charge in [0.05, 0.1) is 6.20 Å². The first-order valence-electron chi connectivity index (χ1n) is 7.99. The van der Waals surface area contributed by atoms with Gasteiger partial charge < -0.3 is 10.2 Å². The summed E-state index contributed by atoms with van der Waals surface area (Å²) in [4.78, 5) is 17.4. The molecule has 0 bridgehead atoms. The lowest BCUT2D eigenvalue weighted by Crippen LogP contribution is -2.44. The minimum atomic E-state index is -4.35. The maximum Gasteiger partial charge on any atom is 0.427 e. The minimum Gasteiger partial charge on any atom is -0.349 e. The average Bonchev–Trinajstić information content (AvgIpc) is 3.06. The van der Waals surface area contributed by atoms with Crippen LogP contribution in [0.1, 0.15) is 33.6 Å². The summed E-state index contributed by atoms with van der Waals surface area (Å²) < 4.78 is 38.0. The zero-order valence-electron chi connectivity index (χ0n) is 13.6. The number of alkyl halides is 3. The van der Waals surface area contributed by atoms with E-state index in [1.54, 1.807) is 6.07 Å². The van der Waals surface area contributed by atoms with Gasteiger partial charge in [-0.3, -0.25) is 4.79 Å². The predicted octanol–water partition coefficient (Wildman–Crippen LogP) is 3.87. The van der Waals surface area contributed by atoms with Gasteiger partial charge in [0.25, 0.3) is 5.91 Å². The molecule has 0 saturated carbocycles. The van der Waals surface area contributed by atoms with Gasteiger partial charge in [0.1, 0.15) is 4.88 Å². The number of aryl methyl sites for hydroxylation is 1. The number of halogens is 3. The number of nitrogens with one attached hydrogen (secondary N) is 1. The van der Waals surface area contributed by atoms with Crippen molar-refractivity contribution < 1.29 is 18.0 Å². The molecular weight excluding hydrogens is 351 g/mol. The van der Waals surface area contributed by atoms with Gasteiger partial charge in [-0.2, -0.15) is 13.2 Å². The van der Waals surface area contributed by atoms with Crippen molar-refractivity contribution in [2.24, 2.45) is 0 Å². The number of thiazole rings is 1. The Hall–Kier alpha value is -2.09. The van der Waals surface area contributed by atoms with Crippen LogP contribution in [0.3, 0.4) is 0 Å². The molecule has 1 saturated heterocycles. The predicted molar refractivity (Wildman–Crippen MR) is 91.0 cm³/mol. The topological polar surface area (TPSA) is 45.2 Å². The molecule has 25 heavy (non-hydrogen) atoms. The summed E-state index contributed by atoms with van der Waals surface area (Å²) in [6.45, 7) is 3.03. The third-order valence-electron chi connectivity index (χ3n) is 4.26. The third kappa shape index (κ3) is 4.12. The van der Waals surface area contributed by atoms with Gasteiger partial charge in [-0.1, -0.05) is 29.5 Å². The first-order chi connectivity index (χ1) is 11.8. The summed E-state index contributed by atoms with van der Waals surface area (Å²) in [5.41, 5.74) is 1.57. The lowest BCUT2D eigenvalue weighted by Gasteiger charge is -2.32. The fourth-order valence-electron chi connectivity index (χ4n) is 2.85. The summed E-state index contributed by atoms with van der Waals surface area (Å²) in [7, 11) is 0. The minimum absolute atomic E-state index is 0.0189. The van der Waals surface area contributed by atoms with Crippen molar-refractivity contribution >= 4 is 22.4 Å². The van der Waals surface area contributed by atoms with Crippen molar-refractivity contribution in [2.45, 2.75) is 32.0 Å². The van der Waals surface area contributed by atoms with Crippen LogP contribution in [-0.2, 0) is 6.18 Å². The fraction of sp³-hybridized carbons (Fsp3) is 0.412. The lowest BCUT2D eigenvalue weighted by atomic mass is 10.0. The van der Waals surface area contributed by atoms with E-state index in [-0.39, 0.29) is 11.9 Å². The number of nitrogens with zero attached hydrogens (tertiary/aromatic N) is 2. The first-order valence-corrected chi connectivity index (χ1v) is 8.80. The molecule has 0 unspecified atom stereocenters. The number of carbonyl (C=O) groups is 1. The SMILES string of the molecule is Cc1ccccc1C(=O)NC1CCN(c2ncc(C(F)(F)F)s2)CC1. The molecule has 4 nitrogen and oxygen atoms in total. The van der Waals surface area contributed by atoms with Crippen LogP contribution in [0.4, 0.5) is 18.3 Å². The molecule has 1 N–H and O–H groups in total. The molecule has 1 amide bonds. The number of rotatable bonds is 3. The van der Waals surface area contributed by atoms with E-state index in [2.05, 4.69) is 10.3 Å². The van der Waals surface area contributed by atoms with Crippen molar-refractivity contribution in [1.29, 1.82) is 0 Å². The van der Waals surface area contributed by atoms with E-state index < -0.39 is 11.1 Å². The molecular formula is C17H18F3N3OS. The van der Waals surface area contributed by atoms with E-state index in [0.717, 1.165) is 11.8 Å². The molecule has 3 rings (SSSR count). The van der Waals surface area contributed by atoms with E-state index in [4.69, 9.17) is 0 Å². The Kier molecular flexibility index (Phi) is 4.99. The molecule has 2 heterocycles. The number of carbonyl (C=O) groups excluding carboxylic acids is 1. The highest BCUT2D eigenvalue weighted by atomic mass is 32.1. The first kappa shape index (κ1) is 17.7. The highest BCUT2D eigenvalue weighted by Gasteiger charge is 2.34. The van der Waals surface area contributed by atoms with Crippen LogP contribution < -0.4 is 10.2 Å². The molecule has 8 heteroatoms. The van der Waals surface area contributed by atoms with Crippen LogP contribution in [-0.4, -0.2) is 30.0 Å². The van der Waals surface area contributed by atoms with E-state index in [0.29, 0.717) is 48.0 Å². The maximum absolute atomic E-state index is 12.7. The van der Waals surface area contributed by atoms with Crippen molar-refractivity contribution in [3.63, 3.8) is 0 Å². The van der Waals surface area contributed by atoms with Gasteiger partial charge in [-0.25, -0.2) is 4.98 Å². The zero-order chi connectivity index (χ0) is 18.0. The highest BCUT2D eigenvalue weighted by Crippen LogP contribution is 2.36. The number of benzene rings is 1. The molecule has 0 atom stereocenters. The fourth-order valence-corrected chi connectivity index (χ4v) is 3.68. The molecule has 0 spiro atoms. The van der Waals surface area contributed by atoms with Crippen LogP contribution >= 0.6 is 11.3 Å². The molecule has 1 aliphatic rings. The largest absolute Gasteiger partial charge is 0.427 e. The summed E-state index contributed by atoms with van der Waals surface area (Å²) in [6.07, 6.45) is -2.11. The molecule has 0 aliphatic carbocycles. The van der Waals surface area contributed by atoms with Crippen LogP contribution in [0.2, 0.25) is 0 Å². The lowest BCUT2D eigenvalue weighted by molar-refractivity contribution is -0.134. The van der Waals surface area contributed by atoms with Crippen molar-refractivity contribution in [1.82, 2.24) is 10.3 Å². The van der Waals surface area contributed by atoms with Crippen molar-refractivity contribution in [3.8, 4) is 0 Å². The van der Waals surface area contributed by atoms with Gasteiger partial charge in [0, 0.05) is 24.7 Å². The quantitative estimate of drug-likeness (QED) is 0.893. The van der Waals surface area contributed by atoms with E-state index in [1.807, 2.05) is 30.0 Å². The van der Waals surface area contributed by atoms with Crippen LogP contribution in [0.15, 0.2) is 30.5 Å². The number of aromatic nitrogens is 1. The van der Waals surface area contributed by atoms with E-state index >= 15 is 0 Å². The molecule has 1 aliphatic heterocycles. The summed E-state index contributed by atoms with van der Waals surface area (Å²) >= 11 is 0.663. The Morgan fingerprint density at radius 1 is 1.28 bits per heavy atom. The van der Waals surface area contributed by atoms with Crippen LogP contribution in [0, 0.1) is 6.92 Å². The monoisotopic (exact) mass is 369 g/mol. The van der Waals surface area contributed by atoms with Gasteiger partial charge >= 0.3 is 6.18 Å². The van der Waals surface area contributed by atoms with Gasteiger partial charge in [-0.15, -0.1) is 0 Å². The smallest absolute Gasteiger partial charge is 0.349 e. The average molecular weight is 369 g/mol. The second kappa shape index (κ2) is 7.03. The summed E-state index contributed by atoms with van der Waals surface area (Å²) in [5, 5.41) is 3.40. The normalized spacial score (nSPS) is 16.1. The Morgan fingerprint density at radius 3 is 2.56 bits per heavy atom. The molecule has 1 aromatic heterocycles. The third-order valence-corrected chi connectivity index (χ3v) is 5.37. The number of hydrogen-bond donors (Lipinski definition) is 1. The number of hydrogen-bond acceptors (Lipinski definition) is 4. The molecule has 0 radical (unpaired) electrons. The standard InChI is InChI=1S/C17H18F3N3OS/c1-11-4-2-3-5-13(11)15(24)22-12-6-8-23(9-7-12)16-21-10-14(25-16)17(18,19)20/h2-5,10,12H,6-9H2,1H3,(H,22,24). The molecule has 1 fully saturated rings. The number of anilines is 1. The van der Waals surface area contributed by atoms with Gasteiger partial charge in [0.2, 0.25) is 0 Å². The van der Waals surface area contributed by atoms with E-state index in [9.17, 15) is 18.0 Å². The molecule has 2 aromatic rings. The molecule has 1 aromatic carbocycles. The summed E-state index contributed by atoms with van der Waals surface area (Å²) in [5.74, 6) is -0.106. The highest BCUT2D eigenvalue weighted by molar-refractivity contribution is 7.15. The maximum atomic E-state index is 12.7. The van der Waals surface area contributed by atoms with Crippen molar-refractivity contribution in [3.05, 3.63) is 46.5 Å². The second-order valence-corrected chi connectivity index (χ2v) is 7.06. The molecule has 134 valence electrons. The Morgan fingerprint density at radius 2 is 1.96 bits per heavy atom. The van der Waals surface area contributed by atoms with Crippen LogP contribution in [0.25, 0.3) is 0 Å². The zero-order valence-corrected chi connectivity index (χ0v) is 14.5. The van der Waals surface area contributed by atoms with Gasteiger partial charge in [-0.05, 0) is 31.4 Å². The summed E-state index contributed by atoms with van der Waals surface area (Å²) in [6, 6.07) is 7.40. The Bertz CT molecular complexity index is 752. The van der Waals surface area contributed by atoms with Crippen molar-refractivity contribution in [2.75, 3.05) is 18.0 Å². The van der Waals surface area contributed by atoms with E-state index in [1.165, 1.54) is 0 Å². The Labute approximate surface area is 147 Å². The van der Waals surface area contributed by atoms with Gasteiger partial charge in [0.15, 0.2) is 5.13 Å². The Balaban J connectivity index is 1.56. The second-order valence-electron chi connectivity index (χ2n) is 6.05.